The Morgan fingerprint density at radius 2 is 2.00 bits per heavy atom. The van der Waals surface area contributed by atoms with Gasteiger partial charge in [0.2, 0.25) is 10.0 Å². The minimum Gasteiger partial charge on any atom is -0.478 e. The maximum absolute atomic E-state index is 12.2. The maximum atomic E-state index is 12.2. The molecule has 0 heterocycles. The predicted octanol–water partition coefficient (Wildman–Crippen LogP) is 1.83. The highest BCUT2D eigenvalue weighted by Gasteiger charge is 2.23. The number of hydrogen-bond acceptors (Lipinski definition) is 4. The number of carbonyl (C=O) groups is 1. The maximum Gasteiger partial charge on any atom is 0.337 e. The minimum absolute atomic E-state index is 0.220. The van der Waals surface area contributed by atoms with Gasteiger partial charge in [0.1, 0.15) is 0 Å². The van der Waals surface area contributed by atoms with Gasteiger partial charge >= 0.3 is 5.97 Å². The van der Waals surface area contributed by atoms with E-state index in [4.69, 9.17) is 10.8 Å². The number of carboxylic acids is 1. The molecule has 0 spiro atoms. The first-order chi connectivity index (χ1) is 9.90. The quantitative estimate of drug-likeness (QED) is 0.694. The standard InChI is InChI=1S/C14H20N2O4S/c15-11-5-6-13(12(9-11)14(17)18)21(19,20)16-8-7-10-3-1-2-4-10/h5-6,9-10,16H,1-4,7-8,15H2,(H,17,18). The summed E-state index contributed by atoms with van der Waals surface area (Å²) >= 11 is 0. The Hall–Kier alpha value is -1.60. The lowest BCUT2D eigenvalue weighted by molar-refractivity contribution is 0.0692. The van der Waals surface area contributed by atoms with Gasteiger partial charge in [-0.3, -0.25) is 0 Å². The van der Waals surface area contributed by atoms with Gasteiger partial charge in [0.25, 0.3) is 0 Å². The van der Waals surface area contributed by atoms with Crippen LogP contribution < -0.4 is 10.5 Å². The molecule has 0 unspecified atom stereocenters. The van der Waals surface area contributed by atoms with Crippen molar-refractivity contribution in [3.63, 3.8) is 0 Å². The summed E-state index contributed by atoms with van der Waals surface area (Å²) < 4.78 is 26.9. The number of sulfonamides is 1. The van der Waals surface area contributed by atoms with Crippen LogP contribution in [0, 0.1) is 5.92 Å². The van der Waals surface area contributed by atoms with E-state index in [1.54, 1.807) is 0 Å². The van der Waals surface area contributed by atoms with E-state index < -0.39 is 16.0 Å². The van der Waals surface area contributed by atoms with Crippen molar-refractivity contribution in [3.05, 3.63) is 23.8 Å². The Labute approximate surface area is 124 Å². The van der Waals surface area contributed by atoms with Crippen LogP contribution in [0.2, 0.25) is 0 Å². The van der Waals surface area contributed by atoms with Crippen LogP contribution in [0.4, 0.5) is 5.69 Å². The van der Waals surface area contributed by atoms with E-state index in [-0.39, 0.29) is 16.1 Å². The molecule has 7 heteroatoms. The van der Waals surface area contributed by atoms with Gasteiger partial charge in [-0.1, -0.05) is 25.7 Å². The second-order valence-electron chi connectivity index (χ2n) is 5.40. The molecule has 1 aromatic carbocycles. The normalized spacial score (nSPS) is 16.2. The van der Waals surface area contributed by atoms with Crippen molar-refractivity contribution < 1.29 is 18.3 Å². The third kappa shape index (κ3) is 3.95. The zero-order valence-corrected chi connectivity index (χ0v) is 12.5. The molecule has 1 fully saturated rings. The van der Waals surface area contributed by atoms with Crippen LogP contribution in [0.1, 0.15) is 42.5 Å². The van der Waals surface area contributed by atoms with E-state index in [9.17, 15) is 13.2 Å². The number of hydrogen-bond donors (Lipinski definition) is 3. The summed E-state index contributed by atoms with van der Waals surface area (Å²) in [6, 6.07) is 3.78. The summed E-state index contributed by atoms with van der Waals surface area (Å²) in [4.78, 5) is 10.9. The molecule has 116 valence electrons. The second-order valence-corrected chi connectivity index (χ2v) is 7.13. The van der Waals surface area contributed by atoms with E-state index in [1.165, 1.54) is 25.0 Å². The Morgan fingerprint density at radius 3 is 2.62 bits per heavy atom. The number of nitrogen functional groups attached to an aromatic ring is 1. The Kier molecular flexibility index (Phi) is 4.84. The highest BCUT2D eigenvalue weighted by atomic mass is 32.2. The lowest BCUT2D eigenvalue weighted by Crippen LogP contribution is -2.27. The third-order valence-electron chi connectivity index (χ3n) is 3.84. The SMILES string of the molecule is Nc1ccc(S(=O)(=O)NCCC2CCCC2)c(C(=O)O)c1. The average Bonchev–Trinajstić information content (AvgIpc) is 2.91. The highest BCUT2D eigenvalue weighted by molar-refractivity contribution is 7.89. The van der Waals surface area contributed by atoms with Gasteiger partial charge in [-0.25, -0.2) is 17.9 Å². The van der Waals surface area contributed by atoms with Crippen LogP contribution in [0.3, 0.4) is 0 Å². The molecule has 2 rings (SSSR count). The van der Waals surface area contributed by atoms with Crippen LogP contribution in [0.15, 0.2) is 23.1 Å². The number of nitrogens with one attached hydrogen (secondary N) is 1. The molecule has 1 saturated carbocycles. The van der Waals surface area contributed by atoms with Crippen LogP contribution in [-0.4, -0.2) is 26.0 Å². The van der Waals surface area contributed by atoms with Crippen LogP contribution in [0.5, 0.6) is 0 Å². The van der Waals surface area contributed by atoms with Crippen molar-refractivity contribution >= 4 is 21.7 Å². The zero-order valence-electron chi connectivity index (χ0n) is 11.7. The fourth-order valence-electron chi connectivity index (χ4n) is 2.72. The van der Waals surface area contributed by atoms with Gasteiger partial charge in [-0.15, -0.1) is 0 Å². The van der Waals surface area contributed by atoms with Gasteiger partial charge in [-0.2, -0.15) is 0 Å². The first kappa shape index (κ1) is 15.8. The third-order valence-corrected chi connectivity index (χ3v) is 5.36. The van der Waals surface area contributed by atoms with E-state index in [0.717, 1.165) is 25.3 Å². The second kappa shape index (κ2) is 6.44. The van der Waals surface area contributed by atoms with Gasteiger partial charge in [0.05, 0.1) is 10.5 Å². The lowest BCUT2D eigenvalue weighted by atomic mass is 10.1. The van der Waals surface area contributed by atoms with Crippen molar-refractivity contribution in [2.45, 2.75) is 37.0 Å². The molecule has 0 amide bonds. The number of benzene rings is 1. The van der Waals surface area contributed by atoms with Crippen molar-refractivity contribution in [1.82, 2.24) is 4.72 Å². The number of carboxylic acid groups (broad SMARTS) is 1. The molecule has 0 saturated heterocycles. The number of nitrogens with two attached hydrogens (primary N) is 1. The molecule has 0 radical (unpaired) electrons. The van der Waals surface area contributed by atoms with Crippen molar-refractivity contribution in [2.24, 2.45) is 5.92 Å². The minimum atomic E-state index is -3.83. The molecule has 0 atom stereocenters. The molecular weight excluding hydrogens is 292 g/mol. The first-order valence-electron chi connectivity index (χ1n) is 7.02. The first-order valence-corrected chi connectivity index (χ1v) is 8.51. The Morgan fingerprint density at radius 1 is 1.33 bits per heavy atom. The van der Waals surface area contributed by atoms with Crippen molar-refractivity contribution in [1.29, 1.82) is 0 Å². The molecule has 1 aliphatic carbocycles. The topological polar surface area (TPSA) is 109 Å². The molecule has 4 N–H and O–H groups in total. The van der Waals surface area contributed by atoms with Crippen LogP contribution >= 0.6 is 0 Å². The molecule has 21 heavy (non-hydrogen) atoms. The largest absolute Gasteiger partial charge is 0.478 e. The summed E-state index contributed by atoms with van der Waals surface area (Å²) in [6.07, 6.45) is 5.49. The molecular formula is C14H20N2O4S. The number of anilines is 1. The van der Waals surface area contributed by atoms with Crippen molar-refractivity contribution in [2.75, 3.05) is 12.3 Å². The van der Waals surface area contributed by atoms with Gasteiger partial charge in [0.15, 0.2) is 0 Å². The number of aromatic carboxylic acids is 1. The summed E-state index contributed by atoms with van der Waals surface area (Å²) in [5.74, 6) is -0.739. The fourth-order valence-corrected chi connectivity index (χ4v) is 3.95. The Bertz CT molecular complexity index is 622. The van der Waals surface area contributed by atoms with E-state index in [2.05, 4.69) is 4.72 Å². The number of rotatable bonds is 6. The van der Waals surface area contributed by atoms with E-state index >= 15 is 0 Å². The van der Waals surface area contributed by atoms with Crippen LogP contribution in [0.25, 0.3) is 0 Å². The smallest absolute Gasteiger partial charge is 0.337 e. The Balaban J connectivity index is 2.09. The fraction of sp³-hybridized carbons (Fsp3) is 0.500. The molecule has 0 aliphatic heterocycles. The molecule has 1 aliphatic rings. The summed E-state index contributed by atoms with van der Waals surface area (Å²) in [6.45, 7) is 0.330. The summed E-state index contributed by atoms with van der Waals surface area (Å²) in [5, 5.41) is 9.10. The zero-order chi connectivity index (χ0) is 15.5. The van der Waals surface area contributed by atoms with Gasteiger partial charge in [-0.05, 0) is 30.5 Å². The van der Waals surface area contributed by atoms with E-state index in [1.807, 2.05) is 0 Å². The van der Waals surface area contributed by atoms with Gasteiger partial charge < -0.3 is 10.8 Å². The monoisotopic (exact) mass is 312 g/mol. The lowest BCUT2D eigenvalue weighted by Gasteiger charge is -2.12. The van der Waals surface area contributed by atoms with Crippen molar-refractivity contribution in [3.8, 4) is 0 Å². The van der Waals surface area contributed by atoms with Crippen LogP contribution in [-0.2, 0) is 10.0 Å². The predicted molar refractivity (Wildman–Crippen MR) is 79.6 cm³/mol. The highest BCUT2D eigenvalue weighted by Crippen LogP contribution is 2.27. The average molecular weight is 312 g/mol. The molecule has 1 aromatic rings. The molecule has 0 aromatic heterocycles. The summed E-state index contributed by atoms with van der Waals surface area (Å²) in [5.41, 5.74) is 5.43. The molecule has 6 nitrogen and oxygen atoms in total. The van der Waals surface area contributed by atoms with E-state index in [0.29, 0.717) is 12.5 Å². The van der Waals surface area contributed by atoms with Gasteiger partial charge in [0, 0.05) is 12.2 Å². The summed E-state index contributed by atoms with van der Waals surface area (Å²) in [7, 11) is -3.83. The molecule has 0 bridgehead atoms.